The summed E-state index contributed by atoms with van der Waals surface area (Å²) in [6.45, 7) is 0. The van der Waals surface area contributed by atoms with E-state index in [9.17, 15) is 0 Å². The molecule has 0 N–H and O–H groups in total. The van der Waals surface area contributed by atoms with Crippen molar-refractivity contribution in [3.05, 3.63) is 0 Å². The molecule has 0 spiro atoms. The zero-order valence-corrected chi connectivity index (χ0v) is 4.90. The second kappa shape index (κ2) is 3.88. The maximum Gasteiger partial charge on any atom is 0 e. The highest BCUT2D eigenvalue weighted by Gasteiger charge is 1.15. The predicted octanol–water partition coefficient (Wildman–Crippen LogP) is -0.00960. The van der Waals surface area contributed by atoms with E-state index in [1.54, 1.807) is 0 Å². The highest BCUT2D eigenvalue weighted by molar-refractivity contribution is 8.51. The fourth-order valence-corrected chi connectivity index (χ4v) is 0. The molecule has 0 aromatic rings. The zero-order valence-electron chi connectivity index (χ0n) is 1.63. The second-order valence-corrected chi connectivity index (χ2v) is 3.67. The van der Waals surface area contributed by atoms with Gasteiger partial charge in [-0.25, -0.2) is 0 Å². The van der Waals surface area contributed by atoms with Gasteiger partial charge in [0.2, 0.25) is 0 Å². The maximum absolute atomic E-state index is 4.33. The molecule has 0 aromatic heterocycles. The smallest absolute Gasteiger partial charge is 0 e. The van der Waals surface area contributed by atoms with Gasteiger partial charge in [-0.3, -0.25) is 0 Å². The molecule has 0 rings (SSSR count). The molecule has 0 unspecified atom stereocenters. The topological polar surface area (TPSA) is 0 Å². The normalized spacial score (nSPS) is 5.00. The lowest BCUT2D eigenvalue weighted by atomic mass is 30.9. The maximum atomic E-state index is 4.33. The summed E-state index contributed by atoms with van der Waals surface area (Å²) in [7, 11) is 2.34. The molecular weight excluding hydrogens is 128 g/mol. The lowest BCUT2D eigenvalue weighted by molar-refractivity contribution is 6.22. The minimum Gasteiger partial charge on any atom is 0 e. The first-order chi connectivity index (χ1) is 1.91. The van der Waals surface area contributed by atoms with Crippen molar-refractivity contribution in [1.29, 1.82) is 0 Å². The fraction of sp³-hybridized carbons (Fsp3) is 0. The van der Waals surface area contributed by atoms with Gasteiger partial charge >= 0.3 is 0 Å². The van der Waals surface area contributed by atoms with Crippen molar-refractivity contribution in [1.82, 2.24) is 0 Å². The molecule has 0 amide bonds. The van der Waals surface area contributed by atoms with Crippen LogP contribution in [0, 0.1) is 0 Å². The largest absolute Gasteiger partial charge is 0 e. The average Bonchev–Trinajstić information content (AvgIpc) is 1.37. The van der Waals surface area contributed by atoms with Crippen LogP contribution >= 0.6 is 0 Å². The summed E-state index contributed by atoms with van der Waals surface area (Å²) in [4.78, 5) is 0. The molecule has 0 fully saturated rings. The summed E-state index contributed by atoms with van der Waals surface area (Å²) in [5.41, 5.74) is 0. The first-order valence-electron chi connectivity index (χ1n) is 0.500. The lowest BCUT2D eigenvalue weighted by Gasteiger charge is -1.14. The Kier molecular flexibility index (Phi) is 4.73. The van der Waals surface area contributed by atoms with Crippen LogP contribution in [0.5, 0.6) is 0 Å². The number of hydrogen-bond donors (Lipinski definition) is 0. The van der Waals surface area contributed by atoms with Crippen molar-refractivity contribution in [3.8, 4) is 0 Å². The second-order valence-electron chi connectivity index (χ2n) is 0.136. The third-order valence-corrected chi connectivity index (χ3v) is 2.25. The van der Waals surface area contributed by atoms with Gasteiger partial charge in [0.15, 0.2) is 0 Å². The van der Waals surface area contributed by atoms with E-state index >= 15 is 0 Å². The molecule has 0 aliphatic rings. The third-order valence-electron chi connectivity index (χ3n) is 0.0278. The van der Waals surface area contributed by atoms with Crippen LogP contribution in [0.2, 0.25) is 0 Å². The molecular formula is S4. The highest BCUT2D eigenvalue weighted by atomic mass is 33.2. The van der Waals surface area contributed by atoms with Crippen LogP contribution in [0.3, 0.4) is 0 Å². The van der Waals surface area contributed by atoms with Crippen LogP contribution in [-0.4, -0.2) is 0 Å². The Morgan fingerprint density at radius 2 is 1.25 bits per heavy atom. The average molecular weight is 128 g/mol. The van der Waals surface area contributed by atoms with E-state index in [0.717, 1.165) is 0 Å². The molecule has 0 heterocycles. The van der Waals surface area contributed by atoms with Gasteiger partial charge in [-0.15, -0.1) is 0 Å². The molecule has 4 heavy (non-hydrogen) atoms. The van der Waals surface area contributed by atoms with Gasteiger partial charge in [0.05, 0.1) is 0 Å². The fourth-order valence-electron chi connectivity index (χ4n) is 0. The molecule has 0 radical (unpaired) electrons. The first-order valence-corrected chi connectivity index (χ1v) is 4.50. The predicted molar refractivity (Wildman–Crippen MR) is 29.5 cm³/mol. The molecule has 0 aliphatic heterocycles. The van der Waals surface area contributed by atoms with E-state index in [1.807, 2.05) is 0 Å². The summed E-state index contributed by atoms with van der Waals surface area (Å²) in [6.07, 6.45) is 0. The van der Waals surface area contributed by atoms with E-state index in [-0.39, 0.29) is 0 Å². The van der Waals surface area contributed by atoms with Crippen molar-refractivity contribution < 1.29 is 0 Å². The van der Waals surface area contributed by atoms with Crippen molar-refractivity contribution >= 4 is 40.1 Å². The standard InChI is InChI=1S/S4/c1-3-4-2. The van der Waals surface area contributed by atoms with Gasteiger partial charge in [-0.1, -0.05) is 0 Å². The Morgan fingerprint density at radius 3 is 1.25 bits per heavy atom. The summed E-state index contributed by atoms with van der Waals surface area (Å²) in [5.74, 6) is 0. The zero-order chi connectivity index (χ0) is 3.41. The van der Waals surface area contributed by atoms with Crippen molar-refractivity contribution in [2.24, 2.45) is 0 Å². The van der Waals surface area contributed by atoms with Crippen LogP contribution in [0.4, 0.5) is 0 Å². The van der Waals surface area contributed by atoms with Gasteiger partial charge in [-0.2, -0.15) is 0 Å². The van der Waals surface area contributed by atoms with Crippen LogP contribution < -0.4 is 0 Å². The summed E-state index contributed by atoms with van der Waals surface area (Å²) < 4.78 is 0. The Hall–Kier alpha value is 0.880. The van der Waals surface area contributed by atoms with Gasteiger partial charge in [0.1, 0.15) is 0 Å². The monoisotopic (exact) mass is 128 g/mol. The third kappa shape index (κ3) is 2.88. The van der Waals surface area contributed by atoms with E-state index in [4.69, 9.17) is 0 Å². The van der Waals surface area contributed by atoms with E-state index in [1.165, 1.54) is 17.8 Å². The van der Waals surface area contributed by atoms with Crippen LogP contribution in [0.15, 0.2) is 0 Å². The SMILES string of the molecule is S=S=S=S. The molecule has 4 heteroatoms. The quantitative estimate of drug-likeness (QED) is 0.450. The Morgan fingerprint density at radius 1 is 1.00 bits per heavy atom. The van der Waals surface area contributed by atoms with Crippen LogP contribution in [0.25, 0.3) is 0 Å². The number of hydrogen-bond acceptors (Lipinski definition) is 2. The van der Waals surface area contributed by atoms with Crippen molar-refractivity contribution in [2.75, 3.05) is 0 Å². The van der Waals surface area contributed by atoms with Crippen LogP contribution in [0.1, 0.15) is 0 Å². The molecule has 0 saturated heterocycles. The van der Waals surface area contributed by atoms with E-state index in [0.29, 0.717) is 0 Å². The van der Waals surface area contributed by atoms with Gasteiger partial charge < -0.3 is 0 Å². The molecule has 0 atom stereocenters. The molecule has 0 aromatic carbocycles. The lowest BCUT2D eigenvalue weighted by Crippen LogP contribution is -1.15. The first kappa shape index (κ1) is 4.88. The van der Waals surface area contributed by atoms with E-state index < -0.39 is 0 Å². The van der Waals surface area contributed by atoms with Gasteiger partial charge in [-0.05, 0) is 0 Å². The minimum atomic E-state index is 1.17. The molecule has 0 bridgehead atoms. The van der Waals surface area contributed by atoms with Crippen molar-refractivity contribution in [2.45, 2.75) is 0 Å². The Labute approximate surface area is 40.3 Å². The Balaban J connectivity index is 3.95. The minimum absolute atomic E-state index is 1.17. The summed E-state index contributed by atoms with van der Waals surface area (Å²) in [5, 5.41) is 0. The van der Waals surface area contributed by atoms with Crippen molar-refractivity contribution in [3.63, 3.8) is 0 Å². The van der Waals surface area contributed by atoms with E-state index in [2.05, 4.69) is 22.4 Å². The molecule has 0 aliphatic carbocycles. The summed E-state index contributed by atoms with van der Waals surface area (Å²) in [6, 6.07) is 0. The molecule has 0 saturated carbocycles. The number of rotatable bonds is 0. The highest BCUT2D eigenvalue weighted by Crippen LogP contribution is 1.14. The molecule has 24 valence electrons. The molecule has 0 nitrogen and oxygen atoms in total. The summed E-state index contributed by atoms with van der Waals surface area (Å²) >= 11 is 8.66. The van der Waals surface area contributed by atoms with Crippen LogP contribution in [-0.2, 0) is 40.1 Å². The van der Waals surface area contributed by atoms with Gasteiger partial charge in [0, 0.05) is 40.1 Å². The Bertz CT molecular complexity index is 50.1. The van der Waals surface area contributed by atoms with Gasteiger partial charge in [0.25, 0.3) is 0 Å².